The number of rotatable bonds is 3. The number of carbonyl (C=O) groups excluding carboxylic acids is 2. The largest absolute Gasteiger partial charge is 0.444 e. The Morgan fingerprint density at radius 1 is 1.36 bits per heavy atom. The van der Waals surface area contributed by atoms with Crippen LogP contribution in [0, 0.1) is 0 Å². The molecular formula is C19H26N2O3S. The fourth-order valence-corrected chi connectivity index (χ4v) is 3.78. The van der Waals surface area contributed by atoms with Crippen LogP contribution >= 0.6 is 11.8 Å². The highest BCUT2D eigenvalue weighted by Crippen LogP contribution is 2.39. The summed E-state index contributed by atoms with van der Waals surface area (Å²) in [6.45, 7) is 9.11. The normalized spacial score (nSPS) is 20.6. The Morgan fingerprint density at radius 2 is 2.08 bits per heavy atom. The summed E-state index contributed by atoms with van der Waals surface area (Å²) in [5, 5.41) is 3.32. The number of alkyl carbamates (subject to hydrolysis) is 1. The molecule has 0 bridgehead atoms. The number of nitrogens with zero attached hydrogens (tertiary/aromatic N) is 1. The lowest BCUT2D eigenvalue weighted by molar-refractivity contribution is 0.0564. The van der Waals surface area contributed by atoms with Crippen LogP contribution in [0.3, 0.4) is 0 Å². The molecule has 0 spiro atoms. The summed E-state index contributed by atoms with van der Waals surface area (Å²) in [7, 11) is 0. The van der Waals surface area contributed by atoms with E-state index in [-0.39, 0.29) is 5.78 Å². The molecule has 1 amide bonds. The molecule has 1 atom stereocenters. The first kappa shape index (κ1) is 19.5. The number of Topliss-reactive ketones (excluding diaryl/α,β-unsaturated/α-hetero) is 1. The smallest absolute Gasteiger partial charge is 0.413 e. The van der Waals surface area contributed by atoms with Crippen molar-refractivity contribution in [3.63, 3.8) is 0 Å². The van der Waals surface area contributed by atoms with Crippen LogP contribution in [0.5, 0.6) is 0 Å². The lowest BCUT2D eigenvalue weighted by Gasteiger charge is -2.34. The first-order valence-corrected chi connectivity index (χ1v) is 9.48. The number of hydrogen-bond acceptors (Lipinski definition) is 5. The van der Waals surface area contributed by atoms with Gasteiger partial charge in [0.05, 0.1) is 5.54 Å². The van der Waals surface area contributed by atoms with E-state index in [2.05, 4.69) is 12.2 Å². The van der Waals surface area contributed by atoms with Gasteiger partial charge >= 0.3 is 6.09 Å². The van der Waals surface area contributed by atoms with Crippen molar-refractivity contribution in [2.45, 2.75) is 58.6 Å². The summed E-state index contributed by atoms with van der Waals surface area (Å²) in [6.07, 6.45) is 1.15. The highest BCUT2D eigenvalue weighted by molar-refractivity contribution is 8.13. The molecule has 1 aliphatic heterocycles. The second kappa shape index (κ2) is 7.60. The Balaban J connectivity index is 2.29. The molecule has 2 rings (SSSR count). The van der Waals surface area contributed by atoms with E-state index < -0.39 is 17.2 Å². The van der Waals surface area contributed by atoms with Gasteiger partial charge in [-0.2, -0.15) is 0 Å². The van der Waals surface area contributed by atoms with Crippen molar-refractivity contribution in [1.82, 2.24) is 5.32 Å². The average molecular weight is 362 g/mol. The van der Waals surface area contributed by atoms with E-state index in [1.54, 1.807) is 6.92 Å². The number of aliphatic imine (C=N–C) groups is 1. The molecule has 5 nitrogen and oxygen atoms in total. The third kappa shape index (κ3) is 5.08. The third-order valence-electron chi connectivity index (χ3n) is 4.07. The zero-order chi connectivity index (χ0) is 18.7. The van der Waals surface area contributed by atoms with Gasteiger partial charge in [-0.25, -0.2) is 4.79 Å². The number of carbonyl (C=O) groups is 2. The van der Waals surface area contributed by atoms with Gasteiger partial charge < -0.3 is 4.74 Å². The number of amidine groups is 1. The number of amides is 1. The van der Waals surface area contributed by atoms with Crippen molar-refractivity contribution in [2.24, 2.45) is 4.99 Å². The maximum atomic E-state index is 12.0. The molecule has 0 radical (unpaired) electrons. The molecule has 0 fully saturated rings. The van der Waals surface area contributed by atoms with Crippen LogP contribution < -0.4 is 5.32 Å². The summed E-state index contributed by atoms with van der Waals surface area (Å²) in [5.74, 6) is 0.877. The standard InChI is InChI=1S/C19H26N2O3S/c1-6-19(15-9-7-8-14(12-15)13(2)22)10-11-25-16(21-19)20-17(23)24-18(3,4)5/h7-9,12H,6,10-11H2,1-5H3,(H,20,21,23). The Labute approximate surface area is 153 Å². The second-order valence-corrected chi connectivity index (χ2v) is 8.25. The molecule has 0 aromatic heterocycles. The van der Waals surface area contributed by atoms with E-state index in [9.17, 15) is 9.59 Å². The summed E-state index contributed by atoms with van der Waals surface area (Å²) < 4.78 is 5.31. The van der Waals surface area contributed by atoms with Gasteiger partial charge in [-0.05, 0) is 52.2 Å². The molecule has 1 unspecified atom stereocenters. The van der Waals surface area contributed by atoms with E-state index in [1.807, 2.05) is 45.0 Å². The fraction of sp³-hybridized carbons (Fsp3) is 0.526. The molecule has 0 saturated heterocycles. The SMILES string of the molecule is CCC1(c2cccc(C(C)=O)c2)CCSC(NC(=O)OC(C)(C)C)=N1. The van der Waals surface area contributed by atoms with Crippen LogP contribution in [0.2, 0.25) is 0 Å². The second-order valence-electron chi connectivity index (χ2n) is 7.16. The van der Waals surface area contributed by atoms with Crippen molar-refractivity contribution in [2.75, 3.05) is 5.75 Å². The number of hydrogen-bond donors (Lipinski definition) is 1. The van der Waals surface area contributed by atoms with E-state index in [0.29, 0.717) is 10.7 Å². The number of thioether (sulfide) groups is 1. The highest BCUT2D eigenvalue weighted by Gasteiger charge is 2.34. The van der Waals surface area contributed by atoms with Gasteiger partial charge in [0, 0.05) is 11.3 Å². The minimum Gasteiger partial charge on any atom is -0.444 e. The Morgan fingerprint density at radius 3 is 2.68 bits per heavy atom. The van der Waals surface area contributed by atoms with Gasteiger partial charge in [0.25, 0.3) is 0 Å². The van der Waals surface area contributed by atoms with Crippen molar-refractivity contribution < 1.29 is 14.3 Å². The summed E-state index contributed by atoms with van der Waals surface area (Å²) in [5.41, 5.74) is 0.704. The minimum absolute atomic E-state index is 0.0365. The number of nitrogens with one attached hydrogen (secondary N) is 1. The van der Waals surface area contributed by atoms with Gasteiger partial charge in [-0.15, -0.1) is 0 Å². The van der Waals surface area contributed by atoms with Gasteiger partial charge in [0.2, 0.25) is 0 Å². The Hall–Kier alpha value is -1.82. The highest BCUT2D eigenvalue weighted by atomic mass is 32.2. The number of ketones is 1. The van der Waals surface area contributed by atoms with Gasteiger partial charge in [0.15, 0.2) is 11.0 Å². The fourth-order valence-electron chi connectivity index (χ4n) is 2.75. The lowest BCUT2D eigenvalue weighted by Crippen LogP contribution is -2.39. The molecule has 136 valence electrons. The molecule has 1 aromatic carbocycles. The van der Waals surface area contributed by atoms with Crippen LogP contribution in [0.1, 0.15) is 63.4 Å². The van der Waals surface area contributed by atoms with Crippen LogP contribution in [0.25, 0.3) is 0 Å². The summed E-state index contributed by atoms with van der Waals surface area (Å²) in [4.78, 5) is 28.6. The van der Waals surface area contributed by atoms with E-state index >= 15 is 0 Å². The van der Waals surface area contributed by atoms with Crippen molar-refractivity contribution >= 4 is 28.8 Å². The molecular weight excluding hydrogens is 336 g/mol. The number of benzene rings is 1. The molecule has 1 N–H and O–H groups in total. The van der Waals surface area contributed by atoms with Crippen LogP contribution in [-0.4, -0.2) is 28.4 Å². The van der Waals surface area contributed by atoms with Crippen LogP contribution in [0.15, 0.2) is 29.3 Å². The van der Waals surface area contributed by atoms with Gasteiger partial charge in [-0.3, -0.25) is 15.1 Å². The van der Waals surface area contributed by atoms with Crippen molar-refractivity contribution in [3.05, 3.63) is 35.4 Å². The molecule has 6 heteroatoms. The molecule has 25 heavy (non-hydrogen) atoms. The average Bonchev–Trinajstić information content (AvgIpc) is 2.53. The minimum atomic E-state index is -0.554. The maximum absolute atomic E-state index is 12.0. The predicted octanol–water partition coefficient (Wildman–Crippen LogP) is 4.51. The molecule has 1 aromatic rings. The molecule has 1 heterocycles. The topological polar surface area (TPSA) is 67.8 Å². The monoisotopic (exact) mass is 362 g/mol. The molecule has 1 aliphatic rings. The summed E-state index contributed by atoms with van der Waals surface area (Å²) in [6, 6.07) is 7.62. The summed E-state index contributed by atoms with van der Waals surface area (Å²) >= 11 is 1.51. The van der Waals surface area contributed by atoms with E-state index in [0.717, 1.165) is 24.2 Å². The van der Waals surface area contributed by atoms with Crippen LogP contribution in [0.4, 0.5) is 4.79 Å². The van der Waals surface area contributed by atoms with Crippen molar-refractivity contribution in [1.29, 1.82) is 0 Å². The zero-order valence-electron chi connectivity index (χ0n) is 15.5. The Kier molecular flexibility index (Phi) is 5.93. The number of ether oxygens (including phenoxy) is 1. The van der Waals surface area contributed by atoms with Gasteiger partial charge in [0.1, 0.15) is 5.60 Å². The first-order valence-electron chi connectivity index (χ1n) is 8.49. The lowest BCUT2D eigenvalue weighted by atomic mass is 9.84. The van der Waals surface area contributed by atoms with E-state index in [1.165, 1.54) is 11.8 Å². The third-order valence-corrected chi connectivity index (χ3v) is 4.94. The zero-order valence-corrected chi connectivity index (χ0v) is 16.3. The van der Waals surface area contributed by atoms with Crippen molar-refractivity contribution in [3.8, 4) is 0 Å². The predicted molar refractivity (Wildman–Crippen MR) is 102 cm³/mol. The molecule has 0 saturated carbocycles. The van der Waals surface area contributed by atoms with E-state index in [4.69, 9.17) is 9.73 Å². The van der Waals surface area contributed by atoms with Crippen LogP contribution in [-0.2, 0) is 10.3 Å². The molecule has 0 aliphatic carbocycles. The Bertz CT molecular complexity index is 694. The maximum Gasteiger partial charge on any atom is 0.413 e. The first-order chi connectivity index (χ1) is 11.6. The van der Waals surface area contributed by atoms with Gasteiger partial charge in [-0.1, -0.05) is 36.9 Å². The quantitative estimate of drug-likeness (QED) is 0.803.